The average Bonchev–Trinajstić information content (AvgIpc) is 2.99. The van der Waals surface area contributed by atoms with Crippen molar-refractivity contribution in [2.75, 3.05) is 33.9 Å². The van der Waals surface area contributed by atoms with Gasteiger partial charge in [-0.2, -0.15) is 0 Å². The SMILES string of the molecule is CN=C(NCc1nc(C)c(C)s1)N1CCC(COC)C1.I. The third-order valence-corrected chi connectivity index (χ3v) is 4.74. The summed E-state index contributed by atoms with van der Waals surface area (Å²) in [6.07, 6.45) is 1.17. The van der Waals surface area contributed by atoms with Gasteiger partial charge in [0, 0.05) is 38.0 Å². The molecule has 0 aliphatic carbocycles. The number of nitrogens with one attached hydrogen (secondary N) is 1. The van der Waals surface area contributed by atoms with Gasteiger partial charge in [-0.25, -0.2) is 4.98 Å². The predicted molar refractivity (Wildman–Crippen MR) is 98.8 cm³/mol. The van der Waals surface area contributed by atoms with E-state index in [2.05, 4.69) is 34.0 Å². The van der Waals surface area contributed by atoms with Gasteiger partial charge in [-0.05, 0) is 20.3 Å². The third kappa shape index (κ3) is 5.07. The molecule has 120 valence electrons. The van der Waals surface area contributed by atoms with Crippen molar-refractivity contribution in [3.05, 3.63) is 15.6 Å². The molecule has 2 rings (SSSR count). The molecule has 1 aromatic rings. The molecular formula is C14H25IN4OS. The Morgan fingerprint density at radius 1 is 1.52 bits per heavy atom. The van der Waals surface area contributed by atoms with Gasteiger partial charge in [0.2, 0.25) is 0 Å². The van der Waals surface area contributed by atoms with Crippen LogP contribution in [0.4, 0.5) is 0 Å². The van der Waals surface area contributed by atoms with Gasteiger partial charge in [-0.15, -0.1) is 35.3 Å². The van der Waals surface area contributed by atoms with Crippen LogP contribution in [0.2, 0.25) is 0 Å². The molecule has 1 unspecified atom stereocenters. The predicted octanol–water partition coefficient (Wildman–Crippen LogP) is 2.42. The van der Waals surface area contributed by atoms with Gasteiger partial charge in [0.15, 0.2) is 5.96 Å². The Balaban J connectivity index is 0.00000220. The first-order valence-electron chi connectivity index (χ1n) is 7.01. The van der Waals surface area contributed by atoms with Gasteiger partial charge in [0.1, 0.15) is 5.01 Å². The van der Waals surface area contributed by atoms with Crippen LogP contribution in [-0.2, 0) is 11.3 Å². The summed E-state index contributed by atoms with van der Waals surface area (Å²) < 4.78 is 5.24. The van der Waals surface area contributed by atoms with E-state index in [1.54, 1.807) is 18.4 Å². The summed E-state index contributed by atoms with van der Waals surface area (Å²) in [6, 6.07) is 0. The highest BCUT2D eigenvalue weighted by molar-refractivity contribution is 14.0. The molecule has 1 saturated heterocycles. The van der Waals surface area contributed by atoms with Gasteiger partial charge in [0.25, 0.3) is 0 Å². The fourth-order valence-electron chi connectivity index (χ4n) is 2.50. The van der Waals surface area contributed by atoms with Gasteiger partial charge < -0.3 is 15.0 Å². The zero-order chi connectivity index (χ0) is 14.5. The second-order valence-corrected chi connectivity index (χ2v) is 6.49. The maximum Gasteiger partial charge on any atom is 0.194 e. The Hall–Kier alpha value is -0.410. The van der Waals surface area contributed by atoms with Crippen molar-refractivity contribution in [3.63, 3.8) is 0 Å². The van der Waals surface area contributed by atoms with Crippen LogP contribution in [0, 0.1) is 19.8 Å². The molecule has 1 atom stereocenters. The van der Waals surface area contributed by atoms with E-state index in [0.717, 1.165) is 42.9 Å². The minimum atomic E-state index is 0. The fourth-order valence-corrected chi connectivity index (χ4v) is 3.37. The van der Waals surface area contributed by atoms with E-state index in [9.17, 15) is 0 Å². The van der Waals surface area contributed by atoms with Crippen LogP contribution >= 0.6 is 35.3 Å². The Kier molecular flexibility index (Phi) is 7.89. The van der Waals surface area contributed by atoms with Crippen molar-refractivity contribution in [1.29, 1.82) is 0 Å². The van der Waals surface area contributed by atoms with Gasteiger partial charge in [-0.1, -0.05) is 0 Å². The van der Waals surface area contributed by atoms with Crippen LogP contribution in [0.15, 0.2) is 4.99 Å². The summed E-state index contributed by atoms with van der Waals surface area (Å²) in [5.74, 6) is 1.58. The van der Waals surface area contributed by atoms with E-state index >= 15 is 0 Å². The number of aliphatic imine (C=N–C) groups is 1. The zero-order valence-electron chi connectivity index (χ0n) is 13.2. The Bertz CT molecular complexity index is 458. The molecule has 21 heavy (non-hydrogen) atoms. The molecule has 1 N–H and O–H groups in total. The molecule has 7 heteroatoms. The van der Waals surface area contributed by atoms with Crippen LogP contribution in [0.1, 0.15) is 22.0 Å². The number of hydrogen-bond acceptors (Lipinski definition) is 4. The maximum atomic E-state index is 5.24. The monoisotopic (exact) mass is 424 g/mol. The number of aromatic nitrogens is 1. The number of halogens is 1. The summed E-state index contributed by atoms with van der Waals surface area (Å²) >= 11 is 1.75. The van der Waals surface area contributed by atoms with Gasteiger partial charge >= 0.3 is 0 Å². The largest absolute Gasteiger partial charge is 0.384 e. The van der Waals surface area contributed by atoms with E-state index in [1.807, 2.05) is 7.05 Å². The number of guanidine groups is 1. The van der Waals surface area contributed by atoms with Gasteiger partial charge in [0.05, 0.1) is 18.8 Å². The number of methoxy groups -OCH3 is 1. The smallest absolute Gasteiger partial charge is 0.194 e. The summed E-state index contributed by atoms with van der Waals surface area (Å²) in [5, 5.41) is 4.53. The molecule has 0 bridgehead atoms. The minimum absolute atomic E-state index is 0. The number of rotatable bonds is 4. The third-order valence-electron chi connectivity index (χ3n) is 3.67. The lowest BCUT2D eigenvalue weighted by Gasteiger charge is -2.21. The summed E-state index contributed by atoms with van der Waals surface area (Å²) in [5.41, 5.74) is 1.13. The van der Waals surface area contributed by atoms with E-state index < -0.39 is 0 Å². The number of nitrogens with zero attached hydrogens (tertiary/aromatic N) is 3. The van der Waals surface area contributed by atoms with E-state index in [1.165, 1.54) is 11.3 Å². The van der Waals surface area contributed by atoms with E-state index in [4.69, 9.17) is 4.74 Å². The van der Waals surface area contributed by atoms with Crippen LogP contribution < -0.4 is 5.32 Å². The standard InChI is InChI=1S/C14H24N4OS.HI/c1-10-11(2)20-13(17-10)7-16-14(15-3)18-6-5-12(8-18)9-19-4;/h12H,5-9H2,1-4H3,(H,15,16);1H. The molecule has 0 amide bonds. The van der Waals surface area contributed by atoms with Crippen LogP contribution in [-0.4, -0.2) is 49.7 Å². The minimum Gasteiger partial charge on any atom is -0.384 e. The van der Waals surface area contributed by atoms with E-state index in [0.29, 0.717) is 5.92 Å². The van der Waals surface area contributed by atoms with Gasteiger partial charge in [-0.3, -0.25) is 4.99 Å². The average molecular weight is 424 g/mol. The first-order chi connectivity index (χ1) is 9.63. The maximum absolute atomic E-state index is 5.24. The van der Waals surface area contributed by atoms with Crippen molar-refractivity contribution in [2.45, 2.75) is 26.8 Å². The molecule has 1 aliphatic rings. The molecule has 0 saturated carbocycles. The molecule has 2 heterocycles. The second-order valence-electron chi connectivity index (χ2n) is 5.21. The number of hydrogen-bond donors (Lipinski definition) is 1. The number of aryl methyl sites for hydroxylation is 2. The molecule has 5 nitrogen and oxygen atoms in total. The van der Waals surface area contributed by atoms with Crippen molar-refractivity contribution in [2.24, 2.45) is 10.9 Å². The number of ether oxygens (including phenoxy) is 1. The van der Waals surface area contributed by atoms with E-state index in [-0.39, 0.29) is 24.0 Å². The quantitative estimate of drug-likeness (QED) is 0.458. The molecule has 1 fully saturated rings. The Morgan fingerprint density at radius 2 is 2.29 bits per heavy atom. The Labute approximate surface area is 148 Å². The summed E-state index contributed by atoms with van der Waals surface area (Å²) in [7, 11) is 3.60. The highest BCUT2D eigenvalue weighted by atomic mass is 127. The normalized spacial score (nSPS) is 18.8. The Morgan fingerprint density at radius 3 is 2.86 bits per heavy atom. The van der Waals surface area contributed by atoms with Crippen LogP contribution in [0.3, 0.4) is 0 Å². The van der Waals surface area contributed by atoms with Crippen molar-refractivity contribution >= 4 is 41.3 Å². The molecule has 1 aromatic heterocycles. The molecule has 0 aromatic carbocycles. The lowest BCUT2D eigenvalue weighted by molar-refractivity contribution is 0.157. The first kappa shape index (κ1) is 18.6. The number of thiazole rings is 1. The molecule has 0 radical (unpaired) electrons. The highest BCUT2D eigenvalue weighted by Crippen LogP contribution is 2.18. The van der Waals surface area contributed by atoms with Crippen molar-refractivity contribution in [1.82, 2.24) is 15.2 Å². The van der Waals surface area contributed by atoms with Crippen LogP contribution in [0.25, 0.3) is 0 Å². The lowest BCUT2D eigenvalue weighted by Crippen LogP contribution is -2.39. The second kappa shape index (κ2) is 8.89. The fraction of sp³-hybridized carbons (Fsp3) is 0.714. The highest BCUT2D eigenvalue weighted by Gasteiger charge is 2.24. The van der Waals surface area contributed by atoms with Crippen molar-refractivity contribution in [3.8, 4) is 0 Å². The molecule has 0 spiro atoms. The first-order valence-corrected chi connectivity index (χ1v) is 7.83. The van der Waals surface area contributed by atoms with Crippen LogP contribution in [0.5, 0.6) is 0 Å². The van der Waals surface area contributed by atoms with Crippen molar-refractivity contribution < 1.29 is 4.74 Å². The number of likely N-dealkylation sites (tertiary alicyclic amines) is 1. The zero-order valence-corrected chi connectivity index (χ0v) is 16.3. The topological polar surface area (TPSA) is 49.8 Å². The lowest BCUT2D eigenvalue weighted by atomic mass is 10.1. The molecule has 1 aliphatic heterocycles. The molecular weight excluding hydrogens is 399 g/mol. The summed E-state index contributed by atoms with van der Waals surface area (Å²) in [4.78, 5) is 12.5. The summed E-state index contributed by atoms with van der Waals surface area (Å²) in [6.45, 7) is 7.81.